The number of esters is 4. The van der Waals surface area contributed by atoms with Crippen molar-refractivity contribution in [3.05, 3.63) is 0 Å². The van der Waals surface area contributed by atoms with E-state index in [2.05, 4.69) is 48.5 Å². The first kappa shape index (κ1) is 106. The maximum Gasteiger partial charge on any atom is 0.472 e. The number of unbranched alkanes of at least 4 members (excludes halogenated alkanes) is 54. The van der Waals surface area contributed by atoms with Crippen LogP contribution in [0.15, 0.2) is 0 Å². The molecule has 0 aromatic carbocycles. The molecule has 642 valence electrons. The van der Waals surface area contributed by atoms with Crippen LogP contribution in [0.3, 0.4) is 0 Å². The van der Waals surface area contributed by atoms with Gasteiger partial charge in [-0.15, -0.1) is 0 Å². The SMILES string of the molecule is CCCCCCCCCCCCCCCCCCCCCCC(=O)OC[C@H](COP(=O)(O)OC[C@@H](O)COP(=O)(O)OC[C@@H](COC(=O)CCCCCCCCC(C)CC)OC(=O)CCCCCCCCCCCCCCCCC(C)C)OC(=O)CCCCCCCCCCCCCCCCCCCCC(C)C. The minimum Gasteiger partial charge on any atom is -0.462 e. The molecular formula is C89H174O17P2. The molecule has 0 aliphatic heterocycles. The minimum atomic E-state index is -4.97. The molecule has 19 heteroatoms. The highest BCUT2D eigenvalue weighted by molar-refractivity contribution is 7.47. The van der Waals surface area contributed by atoms with Crippen molar-refractivity contribution in [3.8, 4) is 0 Å². The Morgan fingerprint density at radius 2 is 0.472 bits per heavy atom. The maximum atomic E-state index is 13.2. The number of phosphoric acid groups is 2. The molecule has 0 amide bonds. The number of phosphoric ester groups is 2. The summed E-state index contributed by atoms with van der Waals surface area (Å²) in [6.45, 7) is 12.0. The second-order valence-electron chi connectivity index (χ2n) is 33.2. The summed E-state index contributed by atoms with van der Waals surface area (Å²) in [6.07, 6.45) is 71.0. The first-order chi connectivity index (χ1) is 52.3. The van der Waals surface area contributed by atoms with Crippen molar-refractivity contribution < 1.29 is 80.2 Å². The van der Waals surface area contributed by atoms with Crippen molar-refractivity contribution in [2.24, 2.45) is 17.8 Å². The zero-order chi connectivity index (χ0) is 79.3. The highest BCUT2D eigenvalue weighted by atomic mass is 31.2. The summed E-state index contributed by atoms with van der Waals surface area (Å²) < 4.78 is 69.0. The second kappa shape index (κ2) is 78.9. The highest BCUT2D eigenvalue weighted by Crippen LogP contribution is 2.45. The predicted octanol–water partition coefficient (Wildman–Crippen LogP) is 27.3. The molecule has 3 unspecified atom stereocenters. The van der Waals surface area contributed by atoms with Crippen molar-refractivity contribution in [1.29, 1.82) is 0 Å². The van der Waals surface area contributed by atoms with Gasteiger partial charge in [-0.1, -0.05) is 421 Å². The topological polar surface area (TPSA) is 237 Å². The monoisotopic (exact) mass is 1580 g/mol. The molecule has 3 N–H and O–H groups in total. The smallest absolute Gasteiger partial charge is 0.462 e. The molecule has 0 spiro atoms. The standard InChI is InChI=1S/C89H174O17P2/c1-8-10-11-12-13-14-15-16-17-18-19-20-24-27-33-38-43-48-56-63-70-86(91)99-76-84(105-88(93)72-65-58-49-44-39-34-28-25-22-21-23-26-31-36-41-46-53-60-67-80(3)4)78-103-107(95,96)101-74-83(90)75-102-108(97,98)104-79-85(77-100-87(92)71-64-57-52-51-55-62-69-82(7)9-2)106-89(94)73-66-59-50-45-40-35-30-29-32-37-42-47-54-61-68-81(5)6/h80-85,90H,8-79H2,1-7H3,(H,95,96)(H,97,98)/t82?,83-,84-,85-/m1/s1. The molecule has 0 radical (unpaired) electrons. The van der Waals surface area contributed by atoms with Crippen LogP contribution in [0, 0.1) is 17.8 Å². The third-order valence-electron chi connectivity index (χ3n) is 21.2. The summed E-state index contributed by atoms with van der Waals surface area (Å²) in [5, 5.41) is 10.7. The Kier molecular flexibility index (Phi) is 77.5. The lowest BCUT2D eigenvalue weighted by Gasteiger charge is -2.21. The van der Waals surface area contributed by atoms with E-state index in [0.717, 1.165) is 114 Å². The number of carbonyl (C=O) groups is 4. The van der Waals surface area contributed by atoms with Gasteiger partial charge in [0.2, 0.25) is 0 Å². The van der Waals surface area contributed by atoms with Gasteiger partial charge in [0.05, 0.1) is 26.4 Å². The number of ether oxygens (including phenoxy) is 4. The van der Waals surface area contributed by atoms with E-state index in [0.29, 0.717) is 25.7 Å². The first-order valence-electron chi connectivity index (χ1n) is 45.9. The Hall–Kier alpha value is -1.94. The van der Waals surface area contributed by atoms with Crippen LogP contribution < -0.4 is 0 Å². The van der Waals surface area contributed by atoms with E-state index < -0.39 is 97.5 Å². The molecule has 0 aliphatic carbocycles. The lowest BCUT2D eigenvalue weighted by atomic mass is 10.00. The number of hydrogen-bond acceptors (Lipinski definition) is 15. The molecule has 0 rings (SSSR count). The van der Waals surface area contributed by atoms with E-state index in [1.54, 1.807) is 0 Å². The van der Waals surface area contributed by atoms with E-state index in [9.17, 15) is 43.2 Å². The lowest BCUT2D eigenvalue weighted by molar-refractivity contribution is -0.161. The molecule has 0 bridgehead atoms. The minimum absolute atomic E-state index is 0.107. The fourth-order valence-corrected chi connectivity index (χ4v) is 15.4. The number of hydrogen-bond donors (Lipinski definition) is 3. The van der Waals surface area contributed by atoms with E-state index in [-0.39, 0.29) is 25.7 Å². The predicted molar refractivity (Wildman–Crippen MR) is 446 cm³/mol. The summed E-state index contributed by atoms with van der Waals surface area (Å²) >= 11 is 0. The van der Waals surface area contributed by atoms with Gasteiger partial charge in [0.15, 0.2) is 12.2 Å². The van der Waals surface area contributed by atoms with E-state index in [4.69, 9.17) is 37.0 Å². The average Bonchev–Trinajstić information content (AvgIpc) is 0.898. The van der Waals surface area contributed by atoms with Gasteiger partial charge in [-0.05, 0) is 43.4 Å². The van der Waals surface area contributed by atoms with Crippen LogP contribution in [0.25, 0.3) is 0 Å². The largest absolute Gasteiger partial charge is 0.472 e. The zero-order valence-electron chi connectivity index (χ0n) is 71.3. The van der Waals surface area contributed by atoms with E-state index in [1.165, 1.54) is 276 Å². The quantitative estimate of drug-likeness (QED) is 0.0222. The van der Waals surface area contributed by atoms with Gasteiger partial charge in [-0.3, -0.25) is 37.3 Å². The Bertz CT molecular complexity index is 2080. The van der Waals surface area contributed by atoms with Gasteiger partial charge in [0, 0.05) is 25.7 Å². The maximum absolute atomic E-state index is 13.2. The van der Waals surface area contributed by atoms with Crippen LogP contribution in [-0.4, -0.2) is 96.7 Å². The van der Waals surface area contributed by atoms with Crippen molar-refractivity contribution in [1.82, 2.24) is 0 Å². The Morgan fingerprint density at radius 1 is 0.269 bits per heavy atom. The molecule has 0 saturated carbocycles. The molecule has 0 saturated heterocycles. The van der Waals surface area contributed by atoms with Crippen LogP contribution in [0.2, 0.25) is 0 Å². The van der Waals surface area contributed by atoms with E-state index in [1.807, 2.05) is 0 Å². The van der Waals surface area contributed by atoms with E-state index >= 15 is 0 Å². The highest BCUT2D eigenvalue weighted by Gasteiger charge is 2.31. The third kappa shape index (κ3) is 80.7. The normalized spacial score (nSPS) is 14.1. The van der Waals surface area contributed by atoms with Gasteiger partial charge < -0.3 is 33.8 Å². The molecule has 0 fully saturated rings. The summed E-state index contributed by atoms with van der Waals surface area (Å²) in [5.41, 5.74) is 0. The average molecular weight is 1580 g/mol. The van der Waals surface area contributed by atoms with Crippen molar-refractivity contribution in [2.75, 3.05) is 39.6 Å². The van der Waals surface area contributed by atoms with Crippen LogP contribution in [-0.2, 0) is 65.4 Å². The summed E-state index contributed by atoms with van der Waals surface area (Å²) in [4.78, 5) is 73.3. The molecular weight excluding hydrogens is 1400 g/mol. The van der Waals surface area contributed by atoms with Crippen molar-refractivity contribution in [3.63, 3.8) is 0 Å². The lowest BCUT2D eigenvalue weighted by Crippen LogP contribution is -2.30. The van der Waals surface area contributed by atoms with Gasteiger partial charge in [0.25, 0.3) is 0 Å². The van der Waals surface area contributed by atoms with Crippen molar-refractivity contribution in [2.45, 2.75) is 491 Å². The Labute approximate surface area is 664 Å². The summed E-state index contributed by atoms with van der Waals surface area (Å²) in [7, 11) is -9.93. The van der Waals surface area contributed by atoms with Crippen LogP contribution in [0.4, 0.5) is 0 Å². The number of aliphatic hydroxyl groups excluding tert-OH is 1. The summed E-state index contributed by atoms with van der Waals surface area (Å²) in [5.74, 6) is 0.243. The fraction of sp³-hybridized carbons (Fsp3) is 0.955. The zero-order valence-corrected chi connectivity index (χ0v) is 73.1. The Balaban J connectivity index is 5.23. The van der Waals surface area contributed by atoms with Gasteiger partial charge >= 0.3 is 39.5 Å². The Morgan fingerprint density at radius 3 is 0.704 bits per heavy atom. The van der Waals surface area contributed by atoms with Gasteiger partial charge in [-0.25, -0.2) is 9.13 Å². The molecule has 108 heavy (non-hydrogen) atoms. The first-order valence-corrected chi connectivity index (χ1v) is 48.9. The number of rotatable bonds is 87. The van der Waals surface area contributed by atoms with Crippen LogP contribution in [0.1, 0.15) is 472 Å². The number of aliphatic hydroxyl groups is 1. The summed E-state index contributed by atoms with van der Waals surface area (Å²) in [6, 6.07) is 0. The fourth-order valence-electron chi connectivity index (χ4n) is 13.9. The van der Waals surface area contributed by atoms with Crippen molar-refractivity contribution >= 4 is 39.5 Å². The van der Waals surface area contributed by atoms with Crippen LogP contribution >= 0.6 is 15.6 Å². The number of carbonyl (C=O) groups excluding carboxylic acids is 4. The molecule has 0 aromatic rings. The van der Waals surface area contributed by atoms with Gasteiger partial charge in [0.1, 0.15) is 19.3 Å². The molecule has 6 atom stereocenters. The molecule has 0 aromatic heterocycles. The third-order valence-corrected chi connectivity index (χ3v) is 23.1. The van der Waals surface area contributed by atoms with Crippen LogP contribution in [0.5, 0.6) is 0 Å². The molecule has 0 aliphatic rings. The molecule has 17 nitrogen and oxygen atoms in total. The second-order valence-corrected chi connectivity index (χ2v) is 36.1. The molecule has 0 heterocycles. The van der Waals surface area contributed by atoms with Gasteiger partial charge in [-0.2, -0.15) is 0 Å².